The van der Waals surface area contributed by atoms with Crippen molar-refractivity contribution in [3.63, 3.8) is 0 Å². The Hall–Kier alpha value is -2.01. The minimum atomic E-state index is -4.23. The van der Waals surface area contributed by atoms with Crippen LogP contribution in [-0.4, -0.2) is 27.9 Å². The average molecular weight is 350 g/mol. The lowest BCUT2D eigenvalue weighted by molar-refractivity contribution is 0.386. The summed E-state index contributed by atoms with van der Waals surface area (Å²) in [7, 11) is -2.32. The van der Waals surface area contributed by atoms with E-state index in [2.05, 4.69) is 4.98 Å². The molecule has 2 N–H and O–H groups in total. The van der Waals surface area contributed by atoms with Crippen LogP contribution in [0.1, 0.15) is 19.4 Å². The summed E-state index contributed by atoms with van der Waals surface area (Å²) in [5.74, 6) is 0.527. The van der Waals surface area contributed by atoms with Gasteiger partial charge in [0.1, 0.15) is 5.82 Å². The topological polar surface area (TPSA) is 73.7 Å². The predicted molar refractivity (Wildman–Crippen MR) is 94.2 cm³/mol. The van der Waals surface area contributed by atoms with E-state index in [1.807, 2.05) is 25.8 Å². The second-order valence-electron chi connectivity index (χ2n) is 5.75. The van der Waals surface area contributed by atoms with Gasteiger partial charge in [0, 0.05) is 30.7 Å². The van der Waals surface area contributed by atoms with Crippen LogP contribution in [0.5, 0.6) is 0 Å². The molecule has 5 nitrogen and oxygen atoms in total. The number of anilines is 1. The number of benzene rings is 1. The van der Waals surface area contributed by atoms with Crippen LogP contribution >= 0.6 is 7.60 Å². The monoisotopic (exact) mass is 350 g/mol. The van der Waals surface area contributed by atoms with E-state index in [4.69, 9.17) is 9.79 Å². The van der Waals surface area contributed by atoms with Gasteiger partial charge in [-0.2, -0.15) is 0 Å². The summed E-state index contributed by atoms with van der Waals surface area (Å²) in [6, 6.07) is 8.04. The molecule has 0 radical (unpaired) electrons. The highest BCUT2D eigenvalue weighted by molar-refractivity contribution is 7.55. The van der Waals surface area contributed by atoms with E-state index in [9.17, 15) is 8.96 Å². The Balaban J connectivity index is 2.52. The molecule has 0 aliphatic carbocycles. The number of aromatic nitrogens is 1. The molecule has 0 fully saturated rings. The molecule has 0 aliphatic rings. The summed E-state index contributed by atoms with van der Waals surface area (Å²) >= 11 is 0. The second-order valence-corrected chi connectivity index (χ2v) is 7.23. The van der Waals surface area contributed by atoms with E-state index in [0.717, 1.165) is 17.1 Å². The van der Waals surface area contributed by atoms with Crippen molar-refractivity contribution in [3.05, 3.63) is 53.7 Å². The first-order valence-corrected chi connectivity index (χ1v) is 9.09. The Morgan fingerprint density at radius 1 is 1.25 bits per heavy atom. The molecule has 1 heterocycles. The largest absolute Gasteiger partial charge is 0.370 e. The van der Waals surface area contributed by atoms with Crippen molar-refractivity contribution in [1.82, 2.24) is 4.98 Å². The summed E-state index contributed by atoms with van der Waals surface area (Å²) in [6.07, 6.45) is 2.88. The van der Waals surface area contributed by atoms with Gasteiger partial charge in [0.05, 0.1) is 11.4 Å². The summed E-state index contributed by atoms with van der Waals surface area (Å²) in [4.78, 5) is 24.3. The van der Waals surface area contributed by atoms with Gasteiger partial charge in [-0.25, -0.2) is 4.39 Å². The maximum atomic E-state index is 13.2. The van der Waals surface area contributed by atoms with E-state index in [-0.39, 0.29) is 11.9 Å². The van der Waals surface area contributed by atoms with Crippen molar-refractivity contribution in [2.75, 3.05) is 11.9 Å². The molecule has 7 heteroatoms. The van der Waals surface area contributed by atoms with Crippen LogP contribution in [0.3, 0.4) is 0 Å². The van der Waals surface area contributed by atoms with Gasteiger partial charge >= 0.3 is 7.60 Å². The fourth-order valence-corrected chi connectivity index (χ4v) is 2.49. The van der Waals surface area contributed by atoms with Crippen LogP contribution in [0, 0.1) is 5.82 Å². The molecule has 0 atom stereocenters. The van der Waals surface area contributed by atoms with Gasteiger partial charge in [-0.3, -0.25) is 9.55 Å². The Kier molecular flexibility index (Phi) is 5.54. The SMILES string of the molecule is CC(C)N(C)c1cc(/C=C/P(=O)(O)O)cnc1-c1ccc(F)cc1. The van der Waals surface area contributed by atoms with Gasteiger partial charge in [0.2, 0.25) is 0 Å². The highest BCUT2D eigenvalue weighted by Gasteiger charge is 2.14. The van der Waals surface area contributed by atoms with Gasteiger partial charge in [0.15, 0.2) is 0 Å². The van der Waals surface area contributed by atoms with Gasteiger partial charge < -0.3 is 14.7 Å². The molecule has 0 aliphatic heterocycles. The number of halogens is 1. The quantitative estimate of drug-likeness (QED) is 0.801. The van der Waals surface area contributed by atoms with Gasteiger partial charge in [-0.05, 0) is 55.8 Å². The molecule has 0 saturated heterocycles. The molecule has 0 bridgehead atoms. The third-order valence-electron chi connectivity index (χ3n) is 3.62. The molecule has 0 saturated carbocycles. The van der Waals surface area contributed by atoms with Crippen LogP contribution in [-0.2, 0) is 4.57 Å². The van der Waals surface area contributed by atoms with E-state index in [0.29, 0.717) is 11.3 Å². The Bertz CT molecular complexity index is 785. The number of pyridine rings is 1. The highest BCUT2D eigenvalue weighted by atomic mass is 31.2. The molecule has 24 heavy (non-hydrogen) atoms. The number of hydrogen-bond acceptors (Lipinski definition) is 3. The van der Waals surface area contributed by atoms with Gasteiger partial charge in [-0.1, -0.05) is 0 Å². The van der Waals surface area contributed by atoms with Crippen molar-refractivity contribution < 1.29 is 18.7 Å². The minimum absolute atomic E-state index is 0.187. The van der Waals surface area contributed by atoms with Crippen molar-refractivity contribution in [2.24, 2.45) is 0 Å². The third-order valence-corrected chi connectivity index (χ3v) is 4.16. The number of nitrogens with zero attached hydrogens (tertiary/aromatic N) is 2. The maximum absolute atomic E-state index is 13.2. The molecule has 1 aromatic carbocycles. The lowest BCUT2D eigenvalue weighted by atomic mass is 10.1. The molecule has 2 rings (SSSR count). The summed E-state index contributed by atoms with van der Waals surface area (Å²) in [5.41, 5.74) is 2.82. The lowest BCUT2D eigenvalue weighted by Crippen LogP contribution is -2.26. The average Bonchev–Trinajstić information content (AvgIpc) is 2.52. The van der Waals surface area contributed by atoms with Crippen LogP contribution in [0.15, 0.2) is 42.3 Å². The van der Waals surface area contributed by atoms with E-state index >= 15 is 0 Å². The predicted octanol–water partition coefficient (Wildman–Crippen LogP) is 3.88. The van der Waals surface area contributed by atoms with Crippen molar-refractivity contribution >= 4 is 19.4 Å². The van der Waals surface area contributed by atoms with Crippen LogP contribution in [0.25, 0.3) is 17.3 Å². The van der Waals surface area contributed by atoms with Crippen LogP contribution < -0.4 is 4.90 Å². The zero-order chi connectivity index (χ0) is 17.9. The van der Waals surface area contributed by atoms with Crippen molar-refractivity contribution in [3.8, 4) is 11.3 Å². The maximum Gasteiger partial charge on any atom is 0.349 e. The number of hydrogen-bond donors (Lipinski definition) is 2. The Labute approximate surface area is 140 Å². The normalized spacial score (nSPS) is 12.1. The van der Waals surface area contributed by atoms with E-state index in [1.54, 1.807) is 18.2 Å². The first-order valence-electron chi connectivity index (χ1n) is 7.40. The third kappa shape index (κ3) is 4.74. The Morgan fingerprint density at radius 2 is 1.88 bits per heavy atom. The highest BCUT2D eigenvalue weighted by Crippen LogP contribution is 2.37. The van der Waals surface area contributed by atoms with Crippen LogP contribution in [0.4, 0.5) is 10.1 Å². The fraction of sp³-hybridized carbons (Fsp3) is 0.235. The van der Waals surface area contributed by atoms with E-state index in [1.165, 1.54) is 24.4 Å². The molecular formula is C17H20FN2O3P. The second kappa shape index (κ2) is 7.26. The Morgan fingerprint density at radius 3 is 2.42 bits per heavy atom. The summed E-state index contributed by atoms with van der Waals surface area (Å²) in [6.45, 7) is 4.04. The summed E-state index contributed by atoms with van der Waals surface area (Å²) in [5, 5.41) is 0. The molecule has 0 unspecified atom stereocenters. The molecule has 0 amide bonds. The first-order chi connectivity index (χ1) is 11.2. The van der Waals surface area contributed by atoms with Gasteiger partial charge in [0.25, 0.3) is 0 Å². The molecule has 1 aromatic heterocycles. The standard InChI is InChI=1S/C17H20FN2O3P/c1-12(2)20(3)16-10-13(8-9-24(21,22)23)11-19-17(16)14-4-6-15(18)7-5-14/h4-12H,1-3H3,(H2,21,22,23)/b9-8+. The molecule has 128 valence electrons. The zero-order valence-corrected chi connectivity index (χ0v) is 14.6. The van der Waals surface area contributed by atoms with Crippen LogP contribution in [0.2, 0.25) is 0 Å². The minimum Gasteiger partial charge on any atom is -0.370 e. The smallest absolute Gasteiger partial charge is 0.349 e. The zero-order valence-electron chi connectivity index (χ0n) is 13.7. The number of rotatable bonds is 5. The van der Waals surface area contributed by atoms with Crippen molar-refractivity contribution in [2.45, 2.75) is 19.9 Å². The summed E-state index contributed by atoms with van der Waals surface area (Å²) < 4.78 is 24.1. The molecule has 0 spiro atoms. The first kappa shape index (κ1) is 18.3. The van der Waals surface area contributed by atoms with E-state index < -0.39 is 7.60 Å². The molecule has 2 aromatic rings. The fourth-order valence-electron chi connectivity index (χ4n) is 2.12. The molecular weight excluding hydrogens is 330 g/mol. The lowest BCUT2D eigenvalue weighted by Gasteiger charge is -2.26. The van der Waals surface area contributed by atoms with Crippen molar-refractivity contribution in [1.29, 1.82) is 0 Å². The van der Waals surface area contributed by atoms with Gasteiger partial charge in [-0.15, -0.1) is 0 Å².